The molecule has 0 amide bonds. The summed E-state index contributed by atoms with van der Waals surface area (Å²) < 4.78 is 14.1. The van der Waals surface area contributed by atoms with Crippen molar-refractivity contribution in [2.45, 2.75) is 32.1 Å². The van der Waals surface area contributed by atoms with Crippen LogP contribution in [0.15, 0.2) is 22.7 Å². The maximum absolute atomic E-state index is 13.6. The summed E-state index contributed by atoms with van der Waals surface area (Å²) in [7, 11) is 0. The Labute approximate surface area is 125 Å². The van der Waals surface area contributed by atoms with Gasteiger partial charge in [-0.05, 0) is 59.8 Å². The van der Waals surface area contributed by atoms with E-state index in [4.69, 9.17) is 5.73 Å². The highest BCUT2D eigenvalue weighted by atomic mass is 79.9. The van der Waals surface area contributed by atoms with Crippen molar-refractivity contribution >= 4 is 21.7 Å². The Balaban J connectivity index is 2.08. The van der Waals surface area contributed by atoms with E-state index in [9.17, 15) is 4.39 Å². The third-order valence-electron chi connectivity index (χ3n) is 3.64. The molecule has 104 valence electrons. The summed E-state index contributed by atoms with van der Waals surface area (Å²) in [6.07, 6.45) is 5.31. The average molecular weight is 336 g/mol. The number of hydrogen-bond donors (Lipinski definition) is 1. The molecule has 0 spiro atoms. The number of rotatable bonds is 1. The van der Waals surface area contributed by atoms with E-state index in [1.165, 1.54) is 12.5 Å². The smallest absolute Gasteiger partial charge is 0.161 e. The van der Waals surface area contributed by atoms with Gasteiger partial charge in [0.15, 0.2) is 5.82 Å². The van der Waals surface area contributed by atoms with Crippen molar-refractivity contribution in [1.29, 1.82) is 0 Å². The number of aromatic nitrogens is 2. The maximum atomic E-state index is 13.6. The molecule has 0 bridgehead atoms. The van der Waals surface area contributed by atoms with Crippen LogP contribution >= 0.6 is 15.9 Å². The van der Waals surface area contributed by atoms with Gasteiger partial charge < -0.3 is 5.73 Å². The van der Waals surface area contributed by atoms with Crippen LogP contribution < -0.4 is 5.73 Å². The first-order valence-corrected chi connectivity index (χ1v) is 7.55. The number of fused-ring (bicyclic) bond motifs is 1. The molecular weight excluding hydrogens is 321 g/mol. The van der Waals surface area contributed by atoms with E-state index >= 15 is 0 Å². The topological polar surface area (TPSA) is 51.8 Å². The zero-order valence-corrected chi connectivity index (χ0v) is 12.6. The van der Waals surface area contributed by atoms with Crippen molar-refractivity contribution in [3.05, 3.63) is 39.7 Å². The van der Waals surface area contributed by atoms with Crippen molar-refractivity contribution in [1.82, 2.24) is 9.97 Å². The highest BCUT2D eigenvalue weighted by Crippen LogP contribution is 2.27. The lowest BCUT2D eigenvalue weighted by molar-refractivity contribution is 0.621. The third-order valence-corrected chi connectivity index (χ3v) is 4.29. The molecule has 1 aliphatic rings. The fraction of sp³-hybridized carbons (Fsp3) is 0.333. The zero-order valence-electron chi connectivity index (χ0n) is 11.0. The van der Waals surface area contributed by atoms with E-state index in [1.54, 1.807) is 12.1 Å². The molecule has 3 nitrogen and oxygen atoms in total. The summed E-state index contributed by atoms with van der Waals surface area (Å²) >= 11 is 3.15. The van der Waals surface area contributed by atoms with Gasteiger partial charge in [0.2, 0.25) is 0 Å². The van der Waals surface area contributed by atoms with Gasteiger partial charge in [0, 0.05) is 16.8 Å². The Morgan fingerprint density at radius 3 is 2.70 bits per heavy atom. The van der Waals surface area contributed by atoms with Crippen LogP contribution in [0.3, 0.4) is 0 Å². The summed E-state index contributed by atoms with van der Waals surface area (Å²) in [6.45, 7) is 0. The second-order valence-electron chi connectivity index (χ2n) is 5.05. The Morgan fingerprint density at radius 2 is 1.90 bits per heavy atom. The van der Waals surface area contributed by atoms with E-state index < -0.39 is 0 Å². The van der Waals surface area contributed by atoms with Crippen LogP contribution in [0.4, 0.5) is 10.2 Å². The van der Waals surface area contributed by atoms with Gasteiger partial charge >= 0.3 is 0 Å². The van der Waals surface area contributed by atoms with E-state index in [-0.39, 0.29) is 5.82 Å². The van der Waals surface area contributed by atoms with Gasteiger partial charge in [0.1, 0.15) is 11.6 Å². The van der Waals surface area contributed by atoms with Crippen molar-refractivity contribution in [3.63, 3.8) is 0 Å². The van der Waals surface area contributed by atoms with Crippen LogP contribution in [0.5, 0.6) is 0 Å². The summed E-state index contributed by atoms with van der Waals surface area (Å²) in [5.74, 6) is 0.726. The average Bonchev–Trinajstić information content (AvgIpc) is 2.67. The number of halogens is 2. The summed E-state index contributed by atoms with van der Waals surface area (Å²) in [6, 6.07) is 4.89. The summed E-state index contributed by atoms with van der Waals surface area (Å²) in [5, 5.41) is 0. The lowest BCUT2D eigenvalue weighted by Crippen LogP contribution is -2.06. The number of hydrogen-bond acceptors (Lipinski definition) is 3. The Hall–Kier alpha value is -1.49. The van der Waals surface area contributed by atoms with E-state index in [1.807, 2.05) is 0 Å². The predicted molar refractivity (Wildman–Crippen MR) is 80.8 cm³/mol. The number of nitrogens with zero attached hydrogens (tertiary/aromatic N) is 2. The highest BCUT2D eigenvalue weighted by Gasteiger charge is 2.16. The minimum atomic E-state index is -0.320. The molecule has 1 heterocycles. The van der Waals surface area contributed by atoms with Gasteiger partial charge in [-0.1, -0.05) is 6.42 Å². The molecule has 1 aromatic carbocycles. The standard InChI is InChI=1S/C15H15BrFN3/c16-11-7-6-9(8-12(11)17)15-19-13-5-3-1-2-4-10(13)14(18)20-15/h6-8H,1-5H2,(H2,18,19,20). The largest absolute Gasteiger partial charge is 0.383 e. The van der Waals surface area contributed by atoms with Crippen molar-refractivity contribution in [2.24, 2.45) is 0 Å². The van der Waals surface area contributed by atoms with Crippen molar-refractivity contribution in [2.75, 3.05) is 5.73 Å². The molecule has 0 radical (unpaired) electrons. The highest BCUT2D eigenvalue weighted by molar-refractivity contribution is 9.10. The maximum Gasteiger partial charge on any atom is 0.161 e. The minimum absolute atomic E-state index is 0.320. The number of aryl methyl sites for hydroxylation is 1. The predicted octanol–water partition coefficient (Wildman–Crippen LogP) is 3.90. The molecule has 0 saturated carbocycles. The van der Waals surface area contributed by atoms with Crippen LogP contribution in [0.2, 0.25) is 0 Å². The zero-order chi connectivity index (χ0) is 14.1. The van der Waals surface area contributed by atoms with Gasteiger partial charge in [-0.2, -0.15) is 0 Å². The molecule has 0 aliphatic heterocycles. The normalized spacial score (nSPS) is 14.7. The molecule has 5 heteroatoms. The molecule has 0 saturated heterocycles. The Kier molecular flexibility index (Phi) is 3.70. The van der Waals surface area contributed by atoms with Crippen molar-refractivity contribution in [3.8, 4) is 11.4 Å². The van der Waals surface area contributed by atoms with E-state index in [2.05, 4.69) is 25.9 Å². The number of anilines is 1. The molecular formula is C15H15BrFN3. The molecule has 1 aromatic heterocycles. The van der Waals surface area contributed by atoms with Crippen LogP contribution in [0, 0.1) is 5.82 Å². The lowest BCUT2D eigenvalue weighted by atomic mass is 10.1. The lowest BCUT2D eigenvalue weighted by Gasteiger charge is -2.10. The molecule has 0 unspecified atom stereocenters. The molecule has 1 aliphatic carbocycles. The minimum Gasteiger partial charge on any atom is -0.383 e. The first-order chi connectivity index (χ1) is 9.65. The first-order valence-electron chi connectivity index (χ1n) is 6.76. The van der Waals surface area contributed by atoms with Gasteiger partial charge in [-0.25, -0.2) is 14.4 Å². The monoisotopic (exact) mass is 335 g/mol. The second kappa shape index (κ2) is 5.48. The second-order valence-corrected chi connectivity index (χ2v) is 5.90. The van der Waals surface area contributed by atoms with Crippen LogP contribution in [0.1, 0.15) is 30.5 Å². The summed E-state index contributed by atoms with van der Waals surface area (Å²) in [5.41, 5.74) is 8.81. The van der Waals surface area contributed by atoms with E-state index in [0.717, 1.165) is 36.9 Å². The van der Waals surface area contributed by atoms with Gasteiger partial charge in [0.25, 0.3) is 0 Å². The van der Waals surface area contributed by atoms with Gasteiger partial charge in [0.05, 0.1) is 4.47 Å². The van der Waals surface area contributed by atoms with Gasteiger partial charge in [-0.15, -0.1) is 0 Å². The molecule has 0 atom stereocenters. The quantitative estimate of drug-likeness (QED) is 0.804. The summed E-state index contributed by atoms with van der Waals surface area (Å²) in [4.78, 5) is 8.96. The number of nitrogens with two attached hydrogens (primary N) is 1. The van der Waals surface area contributed by atoms with E-state index in [0.29, 0.717) is 21.7 Å². The van der Waals surface area contributed by atoms with Crippen LogP contribution in [-0.4, -0.2) is 9.97 Å². The number of nitrogen functional groups attached to an aromatic ring is 1. The molecule has 2 aromatic rings. The first kappa shape index (κ1) is 13.5. The van der Waals surface area contributed by atoms with Crippen molar-refractivity contribution < 1.29 is 4.39 Å². The fourth-order valence-corrected chi connectivity index (χ4v) is 2.81. The molecule has 0 fully saturated rings. The third kappa shape index (κ3) is 2.54. The molecule has 20 heavy (non-hydrogen) atoms. The van der Waals surface area contributed by atoms with Crippen LogP contribution in [-0.2, 0) is 12.8 Å². The fourth-order valence-electron chi connectivity index (χ4n) is 2.56. The molecule has 3 rings (SSSR count). The van der Waals surface area contributed by atoms with Gasteiger partial charge in [-0.3, -0.25) is 0 Å². The Morgan fingerprint density at radius 1 is 1.10 bits per heavy atom. The SMILES string of the molecule is Nc1nc(-c2ccc(Br)c(F)c2)nc2c1CCCCC2. The Bertz CT molecular complexity index is 658. The van der Waals surface area contributed by atoms with Crippen LogP contribution in [0.25, 0.3) is 11.4 Å². The molecule has 2 N–H and O–H groups in total. The number of benzene rings is 1.